The van der Waals surface area contributed by atoms with Crippen LogP contribution in [0.3, 0.4) is 0 Å². The number of hydrogen-bond acceptors (Lipinski definition) is 9. The average molecular weight is 647 g/mol. The second kappa shape index (κ2) is 29.3. The highest BCUT2D eigenvalue weighted by Gasteiger charge is 2.42. The second-order valence-electron chi connectivity index (χ2n) is 9.79. The molecular formula is C28H62O6S3Si2. The summed E-state index contributed by atoms with van der Waals surface area (Å²) < 4.78 is 38.4. The van der Waals surface area contributed by atoms with E-state index in [0.717, 1.165) is 140 Å². The van der Waals surface area contributed by atoms with Gasteiger partial charge in [0.2, 0.25) is 0 Å². The zero-order valence-electron chi connectivity index (χ0n) is 26.2. The molecule has 0 aromatic heterocycles. The molecule has 6 nitrogen and oxygen atoms in total. The van der Waals surface area contributed by atoms with Crippen LogP contribution in [0, 0.1) is 0 Å². The van der Waals surface area contributed by atoms with Gasteiger partial charge in [0.05, 0.1) is 0 Å². The standard InChI is InChI=1S/C28H62O6S3Si2/c1-7-13-19-29-38(30-20-14-8-2,31-21-15-9-3)27-25-35-37-36-26-28-39(32-22-16-10-4,33-23-17-11-5)34-24-18-12-6/h7-28H2,1-6H3. The molecule has 0 spiro atoms. The van der Waals surface area contributed by atoms with Gasteiger partial charge in [0.15, 0.2) is 0 Å². The van der Waals surface area contributed by atoms with E-state index in [-0.39, 0.29) is 0 Å². The smallest absolute Gasteiger partial charge is 0.373 e. The van der Waals surface area contributed by atoms with Gasteiger partial charge in [-0.1, -0.05) is 102 Å². The molecule has 0 atom stereocenters. The first-order valence-electron chi connectivity index (χ1n) is 15.8. The Kier molecular flexibility index (Phi) is 30.3. The van der Waals surface area contributed by atoms with Crippen LogP contribution in [0.15, 0.2) is 0 Å². The minimum Gasteiger partial charge on any atom is -0.373 e. The predicted molar refractivity (Wildman–Crippen MR) is 179 cm³/mol. The van der Waals surface area contributed by atoms with Crippen molar-refractivity contribution in [1.29, 1.82) is 0 Å². The molecule has 0 aliphatic rings. The third kappa shape index (κ3) is 22.4. The Morgan fingerprint density at radius 3 is 0.821 bits per heavy atom. The Balaban J connectivity index is 4.88. The molecule has 0 aliphatic carbocycles. The fourth-order valence-corrected chi connectivity index (χ4v) is 14.3. The molecule has 0 bridgehead atoms. The van der Waals surface area contributed by atoms with Crippen molar-refractivity contribution in [1.82, 2.24) is 0 Å². The molecular weight excluding hydrogens is 585 g/mol. The van der Waals surface area contributed by atoms with Crippen molar-refractivity contribution in [2.75, 3.05) is 51.1 Å². The first kappa shape index (κ1) is 40.2. The molecule has 0 aromatic rings. The van der Waals surface area contributed by atoms with Gasteiger partial charge in [-0.15, -0.1) is 0 Å². The molecule has 0 rings (SSSR count). The Morgan fingerprint density at radius 1 is 0.385 bits per heavy atom. The summed E-state index contributed by atoms with van der Waals surface area (Å²) in [6.45, 7) is 17.6. The number of rotatable bonds is 32. The molecule has 39 heavy (non-hydrogen) atoms. The Labute approximate surface area is 256 Å². The van der Waals surface area contributed by atoms with Crippen LogP contribution in [0.5, 0.6) is 0 Å². The van der Waals surface area contributed by atoms with Crippen LogP contribution >= 0.6 is 31.4 Å². The van der Waals surface area contributed by atoms with E-state index in [4.69, 9.17) is 26.6 Å². The van der Waals surface area contributed by atoms with E-state index in [1.165, 1.54) is 0 Å². The van der Waals surface area contributed by atoms with Gasteiger partial charge in [0.1, 0.15) is 0 Å². The van der Waals surface area contributed by atoms with Gasteiger partial charge in [-0.3, -0.25) is 0 Å². The molecule has 0 N–H and O–H groups in total. The lowest BCUT2D eigenvalue weighted by Gasteiger charge is -2.30. The van der Waals surface area contributed by atoms with Gasteiger partial charge in [-0.2, -0.15) is 0 Å². The molecule has 236 valence electrons. The van der Waals surface area contributed by atoms with Crippen molar-refractivity contribution in [2.24, 2.45) is 0 Å². The summed E-state index contributed by atoms with van der Waals surface area (Å²) in [5.74, 6) is 1.92. The normalized spacial score (nSPS) is 12.5. The highest BCUT2D eigenvalue weighted by Crippen LogP contribution is 2.38. The van der Waals surface area contributed by atoms with Crippen molar-refractivity contribution in [2.45, 2.75) is 131 Å². The third-order valence-corrected chi connectivity index (χ3v) is 16.6. The highest BCUT2D eigenvalue weighted by atomic mass is 33.5. The SMILES string of the molecule is CCCCO[Si](CCSSSCC[Si](OCCCC)(OCCCC)OCCCC)(OCCCC)OCCCC. The van der Waals surface area contributed by atoms with Crippen LogP contribution in [0.4, 0.5) is 0 Å². The summed E-state index contributed by atoms with van der Waals surface area (Å²) in [5.41, 5.74) is 0. The van der Waals surface area contributed by atoms with Crippen molar-refractivity contribution < 1.29 is 26.6 Å². The summed E-state index contributed by atoms with van der Waals surface area (Å²) >= 11 is 0. The maximum Gasteiger partial charge on any atom is 0.501 e. The lowest BCUT2D eigenvalue weighted by molar-refractivity contribution is 0.0570. The molecule has 0 heterocycles. The summed E-state index contributed by atoms with van der Waals surface area (Å²) in [6.07, 6.45) is 13.0. The molecule has 0 aliphatic heterocycles. The van der Waals surface area contributed by atoms with E-state index in [1.54, 1.807) is 0 Å². The van der Waals surface area contributed by atoms with Crippen LogP contribution in [-0.2, 0) is 26.6 Å². The fourth-order valence-electron chi connectivity index (χ4n) is 3.35. The summed E-state index contributed by atoms with van der Waals surface area (Å²) in [5, 5.41) is 0. The molecule has 0 aromatic carbocycles. The molecule has 0 amide bonds. The summed E-state index contributed by atoms with van der Waals surface area (Å²) in [6, 6.07) is 1.73. The van der Waals surface area contributed by atoms with Crippen molar-refractivity contribution in [3.05, 3.63) is 0 Å². The number of hydrogen-bond donors (Lipinski definition) is 0. The molecule has 0 fully saturated rings. The maximum absolute atomic E-state index is 6.40. The van der Waals surface area contributed by atoms with Crippen molar-refractivity contribution in [3.8, 4) is 0 Å². The first-order chi connectivity index (χ1) is 19.1. The third-order valence-electron chi connectivity index (χ3n) is 6.00. The monoisotopic (exact) mass is 646 g/mol. The van der Waals surface area contributed by atoms with Crippen LogP contribution in [-0.4, -0.2) is 68.8 Å². The largest absolute Gasteiger partial charge is 0.501 e. The van der Waals surface area contributed by atoms with Crippen LogP contribution in [0.1, 0.15) is 119 Å². The first-order valence-corrected chi connectivity index (χ1v) is 23.5. The van der Waals surface area contributed by atoms with Gasteiger partial charge in [-0.05, 0) is 48.4 Å². The highest BCUT2D eigenvalue weighted by molar-refractivity contribution is 9.09. The van der Waals surface area contributed by atoms with E-state index >= 15 is 0 Å². The van der Waals surface area contributed by atoms with E-state index in [1.807, 2.05) is 31.4 Å². The Bertz CT molecular complexity index is 417. The van der Waals surface area contributed by atoms with E-state index in [9.17, 15) is 0 Å². The summed E-state index contributed by atoms with van der Waals surface area (Å²) in [7, 11) is 0.293. The zero-order valence-corrected chi connectivity index (χ0v) is 30.7. The van der Waals surface area contributed by atoms with Crippen molar-refractivity contribution >= 4 is 49.0 Å². The molecule has 0 radical (unpaired) electrons. The lowest BCUT2D eigenvalue weighted by atomic mass is 10.4. The van der Waals surface area contributed by atoms with Gasteiger partial charge < -0.3 is 26.6 Å². The van der Waals surface area contributed by atoms with Crippen LogP contribution in [0.2, 0.25) is 12.1 Å². The minimum atomic E-state index is -2.66. The topological polar surface area (TPSA) is 55.4 Å². The average Bonchev–Trinajstić information content (AvgIpc) is 2.93. The van der Waals surface area contributed by atoms with Gasteiger partial charge >= 0.3 is 17.6 Å². The van der Waals surface area contributed by atoms with E-state index < -0.39 is 17.6 Å². The van der Waals surface area contributed by atoms with Gasteiger partial charge in [0.25, 0.3) is 0 Å². The van der Waals surface area contributed by atoms with Crippen LogP contribution < -0.4 is 0 Å². The van der Waals surface area contributed by atoms with Gasteiger partial charge in [0, 0.05) is 63.2 Å². The fraction of sp³-hybridized carbons (Fsp3) is 1.00. The lowest BCUT2D eigenvalue weighted by Crippen LogP contribution is -2.47. The van der Waals surface area contributed by atoms with E-state index in [0.29, 0.717) is 0 Å². The summed E-state index contributed by atoms with van der Waals surface area (Å²) in [4.78, 5) is 0. The minimum absolute atomic E-state index is 0.730. The molecule has 0 saturated carbocycles. The Hall–Kier alpha value is 1.24. The molecule has 0 unspecified atom stereocenters. The van der Waals surface area contributed by atoms with E-state index in [2.05, 4.69) is 41.5 Å². The molecule has 11 heteroatoms. The van der Waals surface area contributed by atoms with Crippen molar-refractivity contribution in [3.63, 3.8) is 0 Å². The van der Waals surface area contributed by atoms with Gasteiger partial charge in [-0.25, -0.2) is 0 Å². The number of unbranched alkanes of at least 4 members (excludes halogenated alkanes) is 6. The second-order valence-corrected chi connectivity index (χ2v) is 19.7. The van der Waals surface area contributed by atoms with Crippen LogP contribution in [0.25, 0.3) is 0 Å². The quantitative estimate of drug-likeness (QED) is 0.0404. The molecule has 0 saturated heterocycles. The zero-order chi connectivity index (χ0) is 28.9. The predicted octanol–water partition coefficient (Wildman–Crippen LogP) is 9.79. The maximum atomic E-state index is 6.40. The Morgan fingerprint density at radius 2 is 0.615 bits per heavy atom.